The zero-order chi connectivity index (χ0) is 15.0. The van der Waals surface area contributed by atoms with Crippen molar-refractivity contribution in [3.05, 3.63) is 64.2 Å². The van der Waals surface area contributed by atoms with Crippen molar-refractivity contribution in [3.8, 4) is 0 Å². The van der Waals surface area contributed by atoms with Gasteiger partial charge in [-0.05, 0) is 30.3 Å². The summed E-state index contributed by atoms with van der Waals surface area (Å²) in [7, 11) is 0. The van der Waals surface area contributed by atoms with Crippen LogP contribution in [0.3, 0.4) is 0 Å². The number of benzene rings is 2. The second-order valence-corrected chi connectivity index (χ2v) is 4.97. The fourth-order valence-electron chi connectivity index (χ4n) is 2.15. The molecule has 21 heavy (non-hydrogen) atoms. The fourth-order valence-corrected chi connectivity index (χ4v) is 2.32. The lowest BCUT2D eigenvalue weighted by atomic mass is 10.00. The Bertz CT molecular complexity index is 784. The normalized spacial score (nSPS) is 14.0. The number of fused-ring (bicyclic) bond motifs is 1. The van der Waals surface area contributed by atoms with E-state index in [-0.39, 0.29) is 17.8 Å². The van der Waals surface area contributed by atoms with Crippen molar-refractivity contribution in [2.45, 2.75) is 0 Å². The average Bonchev–Trinajstić information content (AvgIpc) is 2.61. The molecule has 0 fully saturated rings. The van der Waals surface area contributed by atoms with E-state index in [2.05, 4.69) is 9.98 Å². The maximum atomic E-state index is 14.1. The predicted octanol–water partition coefficient (Wildman–Crippen LogP) is 3.46. The van der Waals surface area contributed by atoms with Gasteiger partial charge in [0.1, 0.15) is 5.84 Å². The molecule has 1 aliphatic heterocycles. The van der Waals surface area contributed by atoms with Gasteiger partial charge < -0.3 is 5.73 Å². The quantitative estimate of drug-likeness (QED) is 0.862. The molecular formula is C15H10ClF2N3. The summed E-state index contributed by atoms with van der Waals surface area (Å²) in [5.41, 5.74) is 7.13. The molecule has 0 saturated carbocycles. The van der Waals surface area contributed by atoms with Gasteiger partial charge in [-0.1, -0.05) is 17.7 Å². The molecule has 0 saturated heterocycles. The number of nitrogens with two attached hydrogens (primary N) is 1. The van der Waals surface area contributed by atoms with Crippen LogP contribution in [0.2, 0.25) is 5.02 Å². The number of hydrogen-bond donors (Lipinski definition) is 1. The van der Waals surface area contributed by atoms with Crippen LogP contribution >= 0.6 is 11.6 Å². The second kappa shape index (κ2) is 5.26. The van der Waals surface area contributed by atoms with Crippen molar-refractivity contribution >= 4 is 28.8 Å². The minimum Gasteiger partial charge on any atom is -0.386 e. The highest BCUT2D eigenvalue weighted by Gasteiger charge is 2.20. The Morgan fingerprint density at radius 3 is 2.71 bits per heavy atom. The van der Waals surface area contributed by atoms with E-state index in [0.717, 1.165) is 6.07 Å². The van der Waals surface area contributed by atoms with Gasteiger partial charge in [0.2, 0.25) is 0 Å². The van der Waals surface area contributed by atoms with E-state index in [1.807, 2.05) is 0 Å². The molecule has 0 radical (unpaired) electrons. The molecule has 1 heterocycles. The predicted molar refractivity (Wildman–Crippen MR) is 79.6 cm³/mol. The van der Waals surface area contributed by atoms with Gasteiger partial charge in [0.15, 0.2) is 11.6 Å². The Morgan fingerprint density at radius 1 is 1.10 bits per heavy atom. The van der Waals surface area contributed by atoms with Crippen LogP contribution in [0.4, 0.5) is 14.5 Å². The topological polar surface area (TPSA) is 50.7 Å². The van der Waals surface area contributed by atoms with E-state index >= 15 is 0 Å². The maximum Gasteiger partial charge on any atom is 0.168 e. The first-order valence-corrected chi connectivity index (χ1v) is 6.56. The van der Waals surface area contributed by atoms with E-state index in [0.29, 0.717) is 22.1 Å². The molecule has 2 N–H and O–H groups in total. The first-order chi connectivity index (χ1) is 10.1. The van der Waals surface area contributed by atoms with Crippen LogP contribution in [0.1, 0.15) is 11.1 Å². The molecule has 0 aliphatic carbocycles. The van der Waals surface area contributed by atoms with Gasteiger partial charge in [-0.25, -0.2) is 13.8 Å². The molecule has 2 aromatic rings. The Kier molecular flexibility index (Phi) is 3.43. The molecule has 0 unspecified atom stereocenters. The van der Waals surface area contributed by atoms with Crippen molar-refractivity contribution in [1.82, 2.24) is 0 Å². The van der Waals surface area contributed by atoms with Crippen molar-refractivity contribution in [3.63, 3.8) is 0 Å². The Labute approximate surface area is 124 Å². The number of rotatable bonds is 1. The van der Waals surface area contributed by atoms with Crippen molar-refractivity contribution in [2.24, 2.45) is 15.7 Å². The zero-order valence-corrected chi connectivity index (χ0v) is 11.5. The highest BCUT2D eigenvalue weighted by atomic mass is 35.5. The van der Waals surface area contributed by atoms with Gasteiger partial charge in [-0.15, -0.1) is 0 Å². The van der Waals surface area contributed by atoms with Gasteiger partial charge in [0, 0.05) is 16.1 Å². The highest BCUT2D eigenvalue weighted by molar-refractivity contribution is 6.31. The first-order valence-electron chi connectivity index (χ1n) is 6.18. The van der Waals surface area contributed by atoms with Gasteiger partial charge >= 0.3 is 0 Å². The third kappa shape index (κ3) is 2.52. The third-order valence-electron chi connectivity index (χ3n) is 3.08. The van der Waals surface area contributed by atoms with Gasteiger partial charge in [-0.3, -0.25) is 4.99 Å². The lowest BCUT2D eigenvalue weighted by Crippen LogP contribution is -2.15. The Morgan fingerprint density at radius 2 is 1.90 bits per heavy atom. The summed E-state index contributed by atoms with van der Waals surface area (Å²) in [6.45, 7) is 0.109. The minimum absolute atomic E-state index is 0.0587. The van der Waals surface area contributed by atoms with E-state index < -0.39 is 11.6 Å². The van der Waals surface area contributed by atoms with E-state index in [1.165, 1.54) is 12.1 Å². The smallest absolute Gasteiger partial charge is 0.168 e. The molecule has 0 atom stereocenters. The summed E-state index contributed by atoms with van der Waals surface area (Å²) in [6.07, 6.45) is 0. The first kappa shape index (κ1) is 13.7. The molecule has 1 aliphatic rings. The Balaban J connectivity index is 2.26. The van der Waals surface area contributed by atoms with E-state index in [4.69, 9.17) is 17.3 Å². The molecule has 2 aromatic carbocycles. The van der Waals surface area contributed by atoms with E-state index in [1.54, 1.807) is 18.2 Å². The minimum atomic E-state index is -0.956. The molecule has 106 valence electrons. The van der Waals surface area contributed by atoms with Crippen molar-refractivity contribution in [2.75, 3.05) is 6.54 Å². The van der Waals surface area contributed by atoms with Crippen LogP contribution in [-0.2, 0) is 0 Å². The largest absolute Gasteiger partial charge is 0.386 e. The second-order valence-electron chi connectivity index (χ2n) is 4.53. The number of hydrogen-bond acceptors (Lipinski definition) is 3. The molecule has 0 bridgehead atoms. The lowest BCUT2D eigenvalue weighted by molar-refractivity contribution is 0.507. The fraction of sp³-hybridized carbons (Fsp3) is 0.0667. The summed E-state index contributed by atoms with van der Waals surface area (Å²) in [5.74, 6) is -1.59. The van der Waals surface area contributed by atoms with Gasteiger partial charge in [0.25, 0.3) is 0 Å². The van der Waals surface area contributed by atoms with Crippen LogP contribution in [0.25, 0.3) is 0 Å². The van der Waals surface area contributed by atoms with Crippen LogP contribution in [0.15, 0.2) is 46.4 Å². The number of amidine groups is 1. The molecule has 3 rings (SSSR count). The van der Waals surface area contributed by atoms with Crippen LogP contribution < -0.4 is 5.73 Å². The monoisotopic (exact) mass is 305 g/mol. The molecule has 0 amide bonds. The summed E-state index contributed by atoms with van der Waals surface area (Å²) in [4.78, 5) is 8.47. The molecule has 0 aromatic heterocycles. The van der Waals surface area contributed by atoms with Crippen molar-refractivity contribution in [1.29, 1.82) is 0 Å². The zero-order valence-electron chi connectivity index (χ0n) is 10.8. The van der Waals surface area contributed by atoms with Gasteiger partial charge in [-0.2, -0.15) is 0 Å². The SMILES string of the molecule is NC1=Nc2ccc(Cl)cc2C(c2cccc(F)c2F)=NC1. The van der Waals surface area contributed by atoms with Gasteiger partial charge in [0.05, 0.1) is 17.9 Å². The van der Waals surface area contributed by atoms with Crippen LogP contribution in [0, 0.1) is 11.6 Å². The summed E-state index contributed by atoms with van der Waals surface area (Å²) >= 11 is 5.99. The highest BCUT2D eigenvalue weighted by Crippen LogP contribution is 2.29. The number of nitrogens with zero attached hydrogens (tertiary/aromatic N) is 2. The Hall–Kier alpha value is -2.27. The van der Waals surface area contributed by atoms with Crippen molar-refractivity contribution < 1.29 is 8.78 Å². The molecule has 3 nitrogen and oxygen atoms in total. The maximum absolute atomic E-state index is 14.1. The lowest BCUT2D eigenvalue weighted by Gasteiger charge is -2.10. The third-order valence-corrected chi connectivity index (χ3v) is 3.32. The standard InChI is InChI=1S/C15H10ClF2N3/c16-8-4-5-12-10(6-8)15(20-7-13(19)21-12)9-2-1-3-11(17)14(9)18/h1-6H,7H2,(H2,19,21). The number of halogens is 3. The number of aliphatic imine (C=N–C) groups is 2. The summed E-state index contributed by atoms with van der Waals surface area (Å²) in [5, 5.41) is 0.453. The molecule has 6 heteroatoms. The summed E-state index contributed by atoms with van der Waals surface area (Å²) < 4.78 is 27.5. The summed E-state index contributed by atoms with van der Waals surface area (Å²) in [6, 6.07) is 8.88. The average molecular weight is 306 g/mol. The molecule has 0 spiro atoms. The van der Waals surface area contributed by atoms with Crippen LogP contribution in [-0.4, -0.2) is 18.1 Å². The molecular weight excluding hydrogens is 296 g/mol. The van der Waals surface area contributed by atoms with Crippen LogP contribution in [0.5, 0.6) is 0 Å². The van der Waals surface area contributed by atoms with E-state index in [9.17, 15) is 8.78 Å².